The molecule has 3 aromatic rings. The zero-order valence-electron chi connectivity index (χ0n) is 17.1. The van der Waals surface area contributed by atoms with Gasteiger partial charge in [-0.05, 0) is 31.2 Å². The molecule has 0 aliphatic carbocycles. The average molecular weight is 452 g/mol. The number of nitrogens with one attached hydrogen (secondary N) is 1. The SMILES string of the molecule is Cc1cn([C@@H]2SC[C@@H](OC(=O)c3ccccc3)[C@H]2OC(=O)c2ccccc2)c(=O)[nH]c1=O. The van der Waals surface area contributed by atoms with Crippen LogP contribution < -0.4 is 11.2 Å². The van der Waals surface area contributed by atoms with E-state index in [4.69, 9.17) is 9.47 Å². The Labute approximate surface area is 187 Å². The van der Waals surface area contributed by atoms with Crippen LogP contribution in [0.2, 0.25) is 0 Å². The van der Waals surface area contributed by atoms with Gasteiger partial charge in [-0.2, -0.15) is 0 Å². The summed E-state index contributed by atoms with van der Waals surface area (Å²) >= 11 is 1.30. The number of carbonyl (C=O) groups is 2. The van der Waals surface area contributed by atoms with Gasteiger partial charge in [0, 0.05) is 17.5 Å². The maximum atomic E-state index is 12.8. The summed E-state index contributed by atoms with van der Waals surface area (Å²) < 4.78 is 12.7. The van der Waals surface area contributed by atoms with E-state index in [0.717, 1.165) is 0 Å². The zero-order valence-corrected chi connectivity index (χ0v) is 17.9. The van der Waals surface area contributed by atoms with E-state index in [0.29, 0.717) is 22.4 Å². The molecule has 4 rings (SSSR count). The van der Waals surface area contributed by atoms with E-state index in [1.165, 1.54) is 22.5 Å². The van der Waals surface area contributed by atoms with Gasteiger partial charge in [0.1, 0.15) is 5.37 Å². The molecule has 1 aliphatic heterocycles. The molecule has 0 radical (unpaired) electrons. The lowest BCUT2D eigenvalue weighted by Gasteiger charge is -2.25. The van der Waals surface area contributed by atoms with Crippen molar-refractivity contribution >= 4 is 23.7 Å². The van der Waals surface area contributed by atoms with Gasteiger partial charge in [0.15, 0.2) is 12.2 Å². The number of carbonyl (C=O) groups excluding carboxylic acids is 2. The largest absolute Gasteiger partial charge is 0.454 e. The van der Waals surface area contributed by atoms with Crippen LogP contribution in [0, 0.1) is 6.92 Å². The second-order valence-corrected chi connectivity index (χ2v) is 8.40. The summed E-state index contributed by atoms with van der Waals surface area (Å²) in [5.41, 5.74) is -0.0801. The second kappa shape index (κ2) is 9.27. The van der Waals surface area contributed by atoms with Crippen molar-refractivity contribution in [3.05, 3.63) is 104 Å². The number of hydrogen-bond donors (Lipinski definition) is 1. The number of hydrogen-bond acceptors (Lipinski definition) is 7. The van der Waals surface area contributed by atoms with Crippen LogP contribution in [0.3, 0.4) is 0 Å². The van der Waals surface area contributed by atoms with Gasteiger partial charge < -0.3 is 9.47 Å². The Hall–Kier alpha value is -3.59. The quantitative estimate of drug-likeness (QED) is 0.593. The van der Waals surface area contributed by atoms with Crippen molar-refractivity contribution in [2.24, 2.45) is 0 Å². The van der Waals surface area contributed by atoms with Crippen LogP contribution >= 0.6 is 11.8 Å². The fourth-order valence-corrected chi connectivity index (χ4v) is 4.74. The number of nitrogens with zero attached hydrogens (tertiary/aromatic N) is 1. The van der Waals surface area contributed by atoms with Crippen molar-refractivity contribution < 1.29 is 19.1 Å². The highest BCUT2D eigenvalue weighted by Gasteiger charge is 2.44. The first-order chi connectivity index (χ1) is 15.4. The number of H-pyrrole nitrogens is 1. The molecule has 1 saturated heterocycles. The van der Waals surface area contributed by atoms with Crippen LogP contribution in [-0.2, 0) is 9.47 Å². The lowest BCUT2D eigenvalue weighted by Crippen LogP contribution is -2.41. The number of aromatic nitrogens is 2. The Bertz CT molecular complexity index is 1240. The molecule has 1 fully saturated rings. The molecule has 0 saturated carbocycles. The Balaban J connectivity index is 1.65. The maximum absolute atomic E-state index is 12.8. The fourth-order valence-electron chi connectivity index (χ4n) is 3.36. The predicted octanol–water partition coefficient (Wildman–Crippen LogP) is 2.54. The Morgan fingerprint density at radius 1 is 0.938 bits per heavy atom. The molecule has 1 N–H and O–H groups in total. The summed E-state index contributed by atoms with van der Waals surface area (Å²) in [5, 5.41) is -0.681. The minimum Gasteiger partial charge on any atom is -0.454 e. The standard InChI is InChI=1S/C23H20N2O6S/c1-14-12-25(23(29)24-19(14)26)20-18(31-22(28)16-10-6-3-7-11-16)17(13-32-20)30-21(27)15-8-4-2-5-9-15/h2-12,17-18,20H,13H2,1H3,(H,24,26,29)/t17-,18-,20-/m1/s1. The zero-order chi connectivity index (χ0) is 22.7. The van der Waals surface area contributed by atoms with Crippen molar-refractivity contribution in [1.29, 1.82) is 0 Å². The average Bonchev–Trinajstić information content (AvgIpc) is 3.19. The first kappa shape index (κ1) is 21.6. The number of ether oxygens (including phenoxy) is 2. The molecule has 2 aromatic carbocycles. The number of rotatable bonds is 5. The van der Waals surface area contributed by atoms with Gasteiger partial charge in [0.2, 0.25) is 0 Å². The Kier molecular flexibility index (Phi) is 6.27. The van der Waals surface area contributed by atoms with Crippen LogP contribution in [0.1, 0.15) is 31.7 Å². The monoisotopic (exact) mass is 452 g/mol. The highest BCUT2D eigenvalue weighted by molar-refractivity contribution is 7.99. The molecule has 32 heavy (non-hydrogen) atoms. The Morgan fingerprint density at radius 2 is 1.50 bits per heavy atom. The molecule has 1 aromatic heterocycles. The number of esters is 2. The molecule has 8 nitrogen and oxygen atoms in total. The predicted molar refractivity (Wildman–Crippen MR) is 119 cm³/mol. The molecular weight excluding hydrogens is 432 g/mol. The maximum Gasteiger partial charge on any atom is 0.338 e. The highest BCUT2D eigenvalue weighted by Crippen LogP contribution is 2.39. The van der Waals surface area contributed by atoms with E-state index in [9.17, 15) is 19.2 Å². The van der Waals surface area contributed by atoms with Gasteiger partial charge in [-0.25, -0.2) is 14.4 Å². The van der Waals surface area contributed by atoms with Gasteiger partial charge in [-0.1, -0.05) is 36.4 Å². The molecule has 2 heterocycles. The number of aromatic amines is 1. The van der Waals surface area contributed by atoms with Gasteiger partial charge in [-0.3, -0.25) is 14.3 Å². The number of benzene rings is 2. The van der Waals surface area contributed by atoms with Crippen LogP contribution in [0.4, 0.5) is 0 Å². The molecule has 9 heteroatoms. The lowest BCUT2D eigenvalue weighted by molar-refractivity contribution is -0.0301. The first-order valence-electron chi connectivity index (χ1n) is 9.90. The summed E-state index contributed by atoms with van der Waals surface area (Å²) in [7, 11) is 0. The van der Waals surface area contributed by atoms with Crippen molar-refractivity contribution in [2.45, 2.75) is 24.5 Å². The number of thioether (sulfide) groups is 1. The van der Waals surface area contributed by atoms with E-state index < -0.39 is 40.8 Å². The highest BCUT2D eigenvalue weighted by atomic mass is 32.2. The third-order valence-corrected chi connectivity index (χ3v) is 6.38. The van der Waals surface area contributed by atoms with E-state index >= 15 is 0 Å². The van der Waals surface area contributed by atoms with Gasteiger partial charge in [0.25, 0.3) is 5.56 Å². The van der Waals surface area contributed by atoms with Crippen molar-refractivity contribution in [2.75, 3.05) is 5.75 Å². The van der Waals surface area contributed by atoms with E-state index in [-0.39, 0.29) is 0 Å². The summed E-state index contributed by atoms with van der Waals surface area (Å²) in [5.74, 6) is -0.846. The smallest absolute Gasteiger partial charge is 0.338 e. The minimum atomic E-state index is -0.941. The van der Waals surface area contributed by atoms with Gasteiger partial charge >= 0.3 is 17.6 Å². The van der Waals surface area contributed by atoms with Crippen molar-refractivity contribution in [1.82, 2.24) is 9.55 Å². The molecule has 0 amide bonds. The Morgan fingerprint density at radius 3 is 2.09 bits per heavy atom. The second-order valence-electron chi connectivity index (χ2n) is 7.25. The van der Waals surface area contributed by atoms with E-state index in [2.05, 4.69) is 4.98 Å². The van der Waals surface area contributed by atoms with Crippen molar-refractivity contribution in [3.63, 3.8) is 0 Å². The van der Waals surface area contributed by atoms with Crippen LogP contribution in [0.25, 0.3) is 0 Å². The summed E-state index contributed by atoms with van der Waals surface area (Å²) in [6.07, 6.45) is -0.309. The van der Waals surface area contributed by atoms with Crippen molar-refractivity contribution in [3.8, 4) is 0 Å². The van der Waals surface area contributed by atoms with Gasteiger partial charge in [0.05, 0.1) is 11.1 Å². The summed E-state index contributed by atoms with van der Waals surface area (Å²) in [4.78, 5) is 51.9. The summed E-state index contributed by atoms with van der Waals surface area (Å²) in [6.45, 7) is 1.58. The topological polar surface area (TPSA) is 107 Å². The molecular formula is C23H20N2O6S. The third kappa shape index (κ3) is 4.52. The molecule has 0 spiro atoms. The normalized spacial score (nSPS) is 20.0. The summed E-state index contributed by atoms with van der Waals surface area (Å²) in [6, 6.07) is 16.9. The molecule has 0 bridgehead atoms. The fraction of sp³-hybridized carbons (Fsp3) is 0.217. The molecule has 164 valence electrons. The lowest BCUT2D eigenvalue weighted by atomic mass is 10.2. The molecule has 1 aliphatic rings. The molecule has 0 unspecified atom stereocenters. The first-order valence-corrected chi connectivity index (χ1v) is 10.9. The van der Waals surface area contributed by atoms with Crippen LogP contribution in [-0.4, -0.2) is 39.5 Å². The number of aryl methyl sites for hydroxylation is 1. The van der Waals surface area contributed by atoms with Gasteiger partial charge in [-0.15, -0.1) is 11.8 Å². The third-order valence-electron chi connectivity index (χ3n) is 5.02. The van der Waals surface area contributed by atoms with E-state index in [1.54, 1.807) is 67.6 Å². The minimum absolute atomic E-state index is 0.306. The van der Waals surface area contributed by atoms with Crippen LogP contribution in [0.5, 0.6) is 0 Å². The molecule has 3 atom stereocenters. The van der Waals surface area contributed by atoms with E-state index in [1.807, 2.05) is 0 Å². The van der Waals surface area contributed by atoms with Crippen LogP contribution in [0.15, 0.2) is 76.4 Å².